The summed E-state index contributed by atoms with van der Waals surface area (Å²) in [5.41, 5.74) is 2.47. The van der Waals surface area contributed by atoms with Crippen molar-refractivity contribution in [2.24, 2.45) is 0 Å². The molecule has 7 nitrogen and oxygen atoms in total. The second-order valence-corrected chi connectivity index (χ2v) is 9.94. The first kappa shape index (κ1) is 21.4. The Kier molecular flexibility index (Phi) is 6.31. The summed E-state index contributed by atoms with van der Waals surface area (Å²) in [4.78, 5) is 26.6. The van der Waals surface area contributed by atoms with Crippen molar-refractivity contribution in [3.05, 3.63) is 35.6 Å². The zero-order valence-corrected chi connectivity index (χ0v) is 17.8. The van der Waals surface area contributed by atoms with Crippen molar-refractivity contribution in [2.45, 2.75) is 52.1 Å². The van der Waals surface area contributed by atoms with Crippen molar-refractivity contribution in [1.29, 1.82) is 0 Å². The number of hydrogen-bond acceptors (Lipinski definition) is 6. The van der Waals surface area contributed by atoms with Gasteiger partial charge in [-0.1, -0.05) is 19.1 Å². The number of rotatable bonds is 7. The van der Waals surface area contributed by atoms with Gasteiger partial charge in [0.05, 0.1) is 24.2 Å². The van der Waals surface area contributed by atoms with E-state index in [9.17, 15) is 18.0 Å². The van der Waals surface area contributed by atoms with E-state index in [-0.39, 0.29) is 35.9 Å². The first-order valence-corrected chi connectivity index (χ1v) is 11.7. The number of furan rings is 1. The SMILES string of the molecule is CC[C@@H](C)N(C(=O)COC(=O)Cc1coc2cc(C)ccc12)[C@H]1CCS(=O)(=O)C1. The number of carbonyl (C=O) groups is 2. The average molecular weight is 422 g/mol. The van der Waals surface area contributed by atoms with Crippen molar-refractivity contribution in [3.8, 4) is 0 Å². The summed E-state index contributed by atoms with van der Waals surface area (Å²) in [7, 11) is -3.12. The Morgan fingerprint density at radius 3 is 2.76 bits per heavy atom. The Morgan fingerprint density at radius 2 is 2.10 bits per heavy atom. The summed E-state index contributed by atoms with van der Waals surface area (Å²) in [6.07, 6.45) is 2.65. The Balaban J connectivity index is 1.62. The summed E-state index contributed by atoms with van der Waals surface area (Å²) in [6.45, 7) is 5.38. The normalized spacial score (nSPS) is 19.2. The number of sulfone groups is 1. The lowest BCUT2D eigenvalue weighted by molar-refractivity contribution is -0.153. The standard InChI is InChI=1S/C21H27NO6S/c1-4-15(3)22(17-7-8-29(25,26)13-17)20(23)12-28-21(24)10-16-11-27-19-9-14(2)5-6-18(16)19/h5-6,9,11,15,17H,4,7-8,10,12-13H2,1-3H3/t15-,17+/m1/s1. The molecule has 0 unspecified atom stereocenters. The fourth-order valence-corrected chi connectivity index (χ4v) is 5.46. The topological polar surface area (TPSA) is 93.9 Å². The lowest BCUT2D eigenvalue weighted by Crippen LogP contribution is -2.48. The molecular formula is C21H27NO6S. The van der Waals surface area contributed by atoms with Crippen molar-refractivity contribution in [1.82, 2.24) is 4.90 Å². The summed E-state index contributed by atoms with van der Waals surface area (Å²) in [6, 6.07) is 5.25. The molecule has 158 valence electrons. The van der Waals surface area contributed by atoms with Crippen LogP contribution in [0, 0.1) is 6.92 Å². The fraction of sp³-hybridized carbons (Fsp3) is 0.524. The number of esters is 1. The highest BCUT2D eigenvalue weighted by Gasteiger charge is 2.36. The summed E-state index contributed by atoms with van der Waals surface area (Å²) < 4.78 is 34.3. The zero-order valence-electron chi connectivity index (χ0n) is 17.0. The maximum Gasteiger partial charge on any atom is 0.310 e. The number of benzene rings is 1. The smallest absolute Gasteiger partial charge is 0.310 e. The summed E-state index contributed by atoms with van der Waals surface area (Å²) in [5, 5.41) is 0.844. The molecule has 8 heteroatoms. The van der Waals surface area contributed by atoms with Crippen LogP contribution in [-0.4, -0.2) is 55.4 Å². The van der Waals surface area contributed by atoms with Crippen molar-refractivity contribution in [3.63, 3.8) is 0 Å². The first-order valence-electron chi connectivity index (χ1n) is 9.84. The Labute approximate surface area is 170 Å². The molecule has 1 fully saturated rings. The third kappa shape index (κ3) is 4.98. The fourth-order valence-electron chi connectivity index (χ4n) is 3.75. The molecule has 0 bridgehead atoms. The van der Waals surface area contributed by atoms with Gasteiger partial charge in [-0.05, 0) is 38.3 Å². The van der Waals surface area contributed by atoms with Crippen LogP contribution < -0.4 is 0 Å². The molecule has 0 aliphatic carbocycles. The number of fused-ring (bicyclic) bond motifs is 1. The van der Waals surface area contributed by atoms with Gasteiger partial charge in [-0.15, -0.1) is 0 Å². The largest absolute Gasteiger partial charge is 0.464 e. The number of aryl methyl sites for hydroxylation is 1. The van der Waals surface area contributed by atoms with E-state index in [0.29, 0.717) is 24.0 Å². The van der Waals surface area contributed by atoms with E-state index in [0.717, 1.165) is 10.9 Å². The molecule has 3 rings (SSSR count). The molecule has 0 radical (unpaired) electrons. The monoisotopic (exact) mass is 421 g/mol. The summed E-state index contributed by atoms with van der Waals surface area (Å²) >= 11 is 0. The number of ether oxygens (including phenoxy) is 1. The van der Waals surface area contributed by atoms with Gasteiger partial charge in [0.25, 0.3) is 5.91 Å². The van der Waals surface area contributed by atoms with E-state index in [2.05, 4.69) is 0 Å². The molecule has 0 spiro atoms. The minimum absolute atomic E-state index is 0.00444. The average Bonchev–Trinajstić information content (AvgIpc) is 3.22. The van der Waals surface area contributed by atoms with Crippen LogP contribution in [0.25, 0.3) is 11.0 Å². The van der Waals surface area contributed by atoms with Gasteiger partial charge >= 0.3 is 5.97 Å². The Hall–Kier alpha value is -2.35. The highest BCUT2D eigenvalue weighted by molar-refractivity contribution is 7.91. The second kappa shape index (κ2) is 8.57. The van der Waals surface area contributed by atoms with Crippen LogP contribution >= 0.6 is 0 Å². The van der Waals surface area contributed by atoms with Gasteiger partial charge in [-0.25, -0.2) is 8.42 Å². The van der Waals surface area contributed by atoms with E-state index in [1.165, 1.54) is 6.26 Å². The number of amides is 1. The van der Waals surface area contributed by atoms with Gasteiger partial charge in [-0.3, -0.25) is 9.59 Å². The van der Waals surface area contributed by atoms with Crippen LogP contribution in [0.3, 0.4) is 0 Å². The highest BCUT2D eigenvalue weighted by Crippen LogP contribution is 2.24. The maximum absolute atomic E-state index is 12.7. The number of hydrogen-bond donors (Lipinski definition) is 0. The minimum Gasteiger partial charge on any atom is -0.464 e. The minimum atomic E-state index is -3.12. The van der Waals surface area contributed by atoms with Gasteiger partial charge < -0.3 is 14.1 Å². The molecule has 0 saturated carbocycles. The Morgan fingerprint density at radius 1 is 1.34 bits per heavy atom. The van der Waals surface area contributed by atoms with E-state index in [1.54, 1.807) is 4.90 Å². The van der Waals surface area contributed by atoms with E-state index < -0.39 is 22.4 Å². The molecule has 1 aliphatic rings. The van der Waals surface area contributed by atoms with E-state index in [1.807, 2.05) is 39.0 Å². The molecule has 1 aliphatic heterocycles. The van der Waals surface area contributed by atoms with Gasteiger partial charge in [0.1, 0.15) is 5.58 Å². The summed E-state index contributed by atoms with van der Waals surface area (Å²) in [5.74, 6) is -0.824. The third-order valence-corrected chi connectivity index (χ3v) is 7.21. The molecular weight excluding hydrogens is 394 g/mol. The molecule has 1 amide bonds. The van der Waals surface area contributed by atoms with E-state index in [4.69, 9.17) is 9.15 Å². The van der Waals surface area contributed by atoms with Crippen molar-refractivity contribution < 1.29 is 27.2 Å². The number of carbonyl (C=O) groups excluding carboxylic acids is 2. The first-order chi connectivity index (χ1) is 13.7. The molecule has 2 heterocycles. The van der Waals surface area contributed by atoms with Gasteiger partial charge in [-0.2, -0.15) is 0 Å². The van der Waals surface area contributed by atoms with Gasteiger partial charge in [0.2, 0.25) is 0 Å². The lowest BCUT2D eigenvalue weighted by Gasteiger charge is -2.33. The van der Waals surface area contributed by atoms with Crippen LogP contribution in [0.15, 0.2) is 28.9 Å². The molecule has 2 atom stereocenters. The predicted molar refractivity (Wildman–Crippen MR) is 109 cm³/mol. The maximum atomic E-state index is 12.7. The lowest BCUT2D eigenvalue weighted by atomic mass is 10.1. The molecule has 1 aromatic heterocycles. The van der Waals surface area contributed by atoms with E-state index >= 15 is 0 Å². The van der Waals surface area contributed by atoms with Crippen LogP contribution in [0.5, 0.6) is 0 Å². The number of nitrogens with zero attached hydrogens (tertiary/aromatic N) is 1. The van der Waals surface area contributed by atoms with Gasteiger partial charge in [0, 0.05) is 23.0 Å². The third-order valence-electron chi connectivity index (χ3n) is 5.46. The molecule has 1 saturated heterocycles. The molecule has 0 N–H and O–H groups in total. The van der Waals surface area contributed by atoms with Gasteiger partial charge in [0.15, 0.2) is 16.4 Å². The molecule has 2 aromatic rings. The van der Waals surface area contributed by atoms with Crippen molar-refractivity contribution >= 4 is 32.7 Å². The Bertz CT molecular complexity index is 1010. The van der Waals surface area contributed by atoms with Crippen LogP contribution in [0.1, 0.15) is 37.8 Å². The van der Waals surface area contributed by atoms with Crippen LogP contribution in [-0.2, 0) is 30.6 Å². The van der Waals surface area contributed by atoms with Crippen LogP contribution in [0.2, 0.25) is 0 Å². The van der Waals surface area contributed by atoms with Crippen LogP contribution in [0.4, 0.5) is 0 Å². The second-order valence-electron chi connectivity index (χ2n) is 7.71. The highest BCUT2D eigenvalue weighted by atomic mass is 32.2. The quantitative estimate of drug-likeness (QED) is 0.638. The predicted octanol–water partition coefficient (Wildman–Crippen LogP) is 2.64. The van der Waals surface area contributed by atoms with Crippen molar-refractivity contribution in [2.75, 3.05) is 18.1 Å². The molecule has 1 aromatic carbocycles. The molecule has 29 heavy (non-hydrogen) atoms. The zero-order chi connectivity index (χ0) is 21.2.